The van der Waals surface area contributed by atoms with Crippen LogP contribution in [-0.2, 0) is 10.1 Å². The fraction of sp³-hybridized carbons (Fsp3) is 1.00. The third-order valence-corrected chi connectivity index (χ3v) is 6.87. The first-order valence-corrected chi connectivity index (χ1v) is 8.06. The minimum atomic E-state index is -3.98. The third kappa shape index (κ3) is 5.28. The summed E-state index contributed by atoms with van der Waals surface area (Å²) in [5, 5.41) is 26.9. The molecule has 0 aliphatic rings. The Bertz CT molecular complexity index is 239. The van der Waals surface area contributed by atoms with Crippen molar-refractivity contribution in [2.45, 2.75) is 9.41 Å². The van der Waals surface area contributed by atoms with Crippen LogP contribution in [0.15, 0.2) is 0 Å². The molecule has 0 aliphatic carbocycles. The van der Waals surface area contributed by atoms with E-state index in [-0.39, 0.29) is 30.8 Å². The van der Waals surface area contributed by atoms with Crippen LogP contribution >= 0.6 is 0 Å². The summed E-state index contributed by atoms with van der Waals surface area (Å²) >= 11 is -1.02. The average molecular weight is 290 g/mol. The Morgan fingerprint density at radius 3 is 1.79 bits per heavy atom. The molecule has 4 N–H and O–H groups in total. The van der Waals surface area contributed by atoms with E-state index in [1.54, 1.807) is 0 Å². The summed E-state index contributed by atoms with van der Waals surface area (Å²) in [5.74, 6) is -0.380. The molecule has 1 atom stereocenters. The molecule has 0 radical (unpaired) electrons. The van der Waals surface area contributed by atoms with E-state index in [2.05, 4.69) is 0 Å². The Kier molecular flexibility index (Phi) is 6.20. The molecule has 0 aromatic rings. The van der Waals surface area contributed by atoms with Gasteiger partial charge in [0.15, 0.2) is 0 Å². The first kappa shape index (κ1) is 14.3. The summed E-state index contributed by atoms with van der Waals surface area (Å²) in [6.45, 7) is -1.11. The summed E-state index contributed by atoms with van der Waals surface area (Å²) in [6.07, 6.45) is 0. The number of aliphatic hydroxyl groups excluding tert-OH is 3. The van der Waals surface area contributed by atoms with Gasteiger partial charge < -0.3 is 0 Å². The van der Waals surface area contributed by atoms with Gasteiger partial charge in [-0.2, -0.15) is 0 Å². The average Bonchev–Trinajstić information content (AvgIpc) is 2.11. The fourth-order valence-corrected chi connectivity index (χ4v) is 5.21. The Morgan fingerprint density at radius 2 is 1.50 bits per heavy atom. The molecule has 8 heteroatoms. The Hall–Kier alpha value is 0.348. The van der Waals surface area contributed by atoms with E-state index >= 15 is 0 Å². The van der Waals surface area contributed by atoms with Crippen LogP contribution in [0.4, 0.5) is 0 Å². The van der Waals surface area contributed by atoms with Gasteiger partial charge in [-0.05, 0) is 0 Å². The number of rotatable bonds is 7. The minimum absolute atomic E-state index is 0.209. The van der Waals surface area contributed by atoms with Crippen LogP contribution in [0.5, 0.6) is 0 Å². The van der Waals surface area contributed by atoms with Crippen LogP contribution in [0.3, 0.4) is 0 Å². The van der Waals surface area contributed by atoms with Crippen molar-refractivity contribution in [1.29, 1.82) is 0 Å². The molecular weight excluding hydrogens is 275 g/mol. The van der Waals surface area contributed by atoms with Crippen LogP contribution in [0, 0.1) is 0 Å². The SMILES string of the molecule is O=S(=O)(O)CC[AsH]C(CO)(CO)CO. The molecule has 0 aromatic carbocycles. The molecule has 0 saturated heterocycles. The zero-order chi connectivity index (χ0) is 11.2. The zero-order valence-electron chi connectivity index (χ0n) is 7.55. The summed E-state index contributed by atoms with van der Waals surface area (Å²) in [5.41, 5.74) is 0. The van der Waals surface area contributed by atoms with Crippen molar-refractivity contribution in [3.8, 4) is 0 Å². The first-order valence-electron chi connectivity index (χ1n) is 3.92. The maximum absolute atomic E-state index is 10.4. The molecule has 0 spiro atoms. The second-order valence-electron chi connectivity index (χ2n) is 2.97. The molecule has 6 nitrogen and oxygen atoms in total. The molecule has 1 unspecified atom stereocenters. The van der Waals surface area contributed by atoms with Crippen molar-refractivity contribution < 1.29 is 28.3 Å². The molecule has 0 amide bonds. The van der Waals surface area contributed by atoms with E-state index in [1.165, 1.54) is 0 Å². The quantitative estimate of drug-likeness (QED) is 0.314. The Morgan fingerprint density at radius 1 is 1.07 bits per heavy atom. The predicted molar refractivity (Wildman–Crippen MR) is 52.3 cm³/mol. The van der Waals surface area contributed by atoms with Gasteiger partial charge in [-0.3, -0.25) is 0 Å². The third-order valence-electron chi connectivity index (χ3n) is 1.77. The summed E-state index contributed by atoms with van der Waals surface area (Å²) in [7, 11) is -3.98. The van der Waals surface area contributed by atoms with Crippen molar-refractivity contribution in [3.05, 3.63) is 0 Å². The van der Waals surface area contributed by atoms with Crippen molar-refractivity contribution in [1.82, 2.24) is 0 Å². The molecular formula is C6H15AsO6S. The van der Waals surface area contributed by atoms with Crippen LogP contribution in [-0.4, -0.2) is 69.6 Å². The molecule has 86 valence electrons. The number of aliphatic hydroxyl groups is 3. The van der Waals surface area contributed by atoms with Crippen LogP contribution in [0.1, 0.15) is 0 Å². The van der Waals surface area contributed by atoms with Gasteiger partial charge in [0.2, 0.25) is 0 Å². The second-order valence-corrected chi connectivity index (χ2v) is 8.56. The molecule has 0 aliphatic heterocycles. The zero-order valence-corrected chi connectivity index (χ0v) is 10.5. The van der Waals surface area contributed by atoms with Gasteiger partial charge in [0, 0.05) is 0 Å². The summed E-state index contributed by atoms with van der Waals surface area (Å²) in [6, 6.07) is 0. The van der Waals surface area contributed by atoms with Crippen molar-refractivity contribution >= 4 is 25.9 Å². The van der Waals surface area contributed by atoms with Crippen LogP contribution in [0.25, 0.3) is 0 Å². The normalized spacial score (nSPS) is 14.0. The van der Waals surface area contributed by atoms with Crippen molar-refractivity contribution in [2.75, 3.05) is 25.6 Å². The molecule has 0 fully saturated rings. The van der Waals surface area contributed by atoms with Gasteiger partial charge in [0.25, 0.3) is 0 Å². The van der Waals surface area contributed by atoms with E-state index < -0.39 is 30.1 Å². The Labute approximate surface area is 89.4 Å². The molecule has 0 saturated carbocycles. The van der Waals surface area contributed by atoms with Gasteiger partial charge in [-0.25, -0.2) is 0 Å². The van der Waals surface area contributed by atoms with Crippen LogP contribution < -0.4 is 0 Å². The van der Waals surface area contributed by atoms with Gasteiger partial charge in [-0.1, -0.05) is 0 Å². The van der Waals surface area contributed by atoms with Gasteiger partial charge >= 0.3 is 89.1 Å². The van der Waals surface area contributed by atoms with Gasteiger partial charge in [0.05, 0.1) is 0 Å². The van der Waals surface area contributed by atoms with Crippen molar-refractivity contribution in [2.24, 2.45) is 0 Å². The predicted octanol–water partition coefficient (Wildman–Crippen LogP) is -2.14. The number of hydrogen-bond acceptors (Lipinski definition) is 5. The van der Waals surface area contributed by atoms with Crippen LogP contribution in [0.2, 0.25) is 9.41 Å². The second kappa shape index (κ2) is 6.05. The maximum atomic E-state index is 10.4. The summed E-state index contributed by atoms with van der Waals surface area (Å²) in [4.78, 5) is 0. The fourth-order valence-electron chi connectivity index (χ4n) is 0.763. The van der Waals surface area contributed by atoms with Gasteiger partial charge in [-0.15, -0.1) is 0 Å². The van der Waals surface area contributed by atoms with E-state index in [9.17, 15) is 8.42 Å². The first-order chi connectivity index (χ1) is 6.39. The van der Waals surface area contributed by atoms with Gasteiger partial charge in [0.1, 0.15) is 0 Å². The van der Waals surface area contributed by atoms with E-state index in [0.29, 0.717) is 0 Å². The molecule has 0 rings (SSSR count). The number of hydrogen-bond donors (Lipinski definition) is 4. The molecule has 0 aromatic heterocycles. The van der Waals surface area contributed by atoms with E-state index in [0.717, 1.165) is 0 Å². The molecule has 0 bridgehead atoms. The molecule has 0 heterocycles. The van der Waals surface area contributed by atoms with E-state index in [1.807, 2.05) is 0 Å². The monoisotopic (exact) mass is 290 g/mol. The standard InChI is InChI=1S/C6H15AsO6S/c8-3-6(4-9,5-10)7-1-2-14(11,12)13/h7-10H,1-5H2,(H,11,12,13). The van der Waals surface area contributed by atoms with Crippen molar-refractivity contribution in [3.63, 3.8) is 0 Å². The Balaban J connectivity index is 4.08. The van der Waals surface area contributed by atoms with E-state index in [4.69, 9.17) is 19.9 Å². The molecule has 14 heavy (non-hydrogen) atoms. The summed E-state index contributed by atoms with van der Waals surface area (Å²) < 4.78 is 28.2. The topological polar surface area (TPSA) is 115 Å².